The molecule has 2 heterocycles. The molecule has 2 spiro atoms. The molecule has 12 rings (SSSR count). The molecule has 0 radical (unpaired) electrons. The number of alkyl carbamates (subject to hydrolysis) is 2. The molecule has 392 valence electrons. The first-order chi connectivity index (χ1) is 35.6. The molecule has 14 nitrogen and oxygen atoms in total. The van der Waals surface area contributed by atoms with E-state index in [4.69, 9.17) is 9.47 Å². The minimum atomic E-state index is -0.819. The number of nitrogens with zero attached hydrogens (tertiary/aromatic N) is 2. The van der Waals surface area contributed by atoms with Gasteiger partial charge in [-0.3, -0.25) is 19.2 Å². The first kappa shape index (κ1) is 52.2. The number of aryl methyl sites for hydroxylation is 4. The number of hydrogen-bond acceptors (Lipinski definition) is 8. The van der Waals surface area contributed by atoms with E-state index in [0.29, 0.717) is 37.3 Å². The van der Waals surface area contributed by atoms with Gasteiger partial charge in [0.2, 0.25) is 23.6 Å². The van der Waals surface area contributed by atoms with Crippen LogP contribution >= 0.6 is 0 Å². The number of methoxy groups -OCH3 is 1. The Morgan fingerprint density at radius 2 is 1.04 bits per heavy atom. The number of ether oxygens (including phenoxy) is 2. The van der Waals surface area contributed by atoms with Crippen LogP contribution in [-0.4, -0.2) is 96.6 Å². The average molecular weight is 1010 g/mol. The van der Waals surface area contributed by atoms with Gasteiger partial charge in [-0.2, -0.15) is 0 Å². The van der Waals surface area contributed by atoms with Crippen molar-refractivity contribution in [1.82, 2.24) is 20.4 Å². The van der Waals surface area contributed by atoms with E-state index in [0.717, 1.165) is 92.9 Å². The maximum atomic E-state index is 14.5. The topological polar surface area (TPSA) is 175 Å². The van der Waals surface area contributed by atoms with E-state index in [1.807, 2.05) is 64.1 Å². The lowest BCUT2D eigenvalue weighted by Gasteiger charge is -2.34. The molecule has 4 aromatic carbocycles. The molecule has 0 aromatic heterocycles. The zero-order valence-electron chi connectivity index (χ0n) is 44.0. The van der Waals surface area contributed by atoms with Crippen LogP contribution in [0, 0.1) is 22.7 Å². The molecule has 2 saturated heterocycles. The van der Waals surface area contributed by atoms with E-state index in [1.54, 1.807) is 16.7 Å². The number of benzene rings is 4. The fourth-order valence-electron chi connectivity index (χ4n) is 12.2. The van der Waals surface area contributed by atoms with Gasteiger partial charge in [0.25, 0.3) is 0 Å². The fraction of sp³-hybridized carbons (Fsp3) is 0.500. The highest BCUT2D eigenvalue weighted by Crippen LogP contribution is 2.55. The van der Waals surface area contributed by atoms with Crippen LogP contribution in [0.25, 0.3) is 22.3 Å². The van der Waals surface area contributed by atoms with E-state index in [1.165, 1.54) is 29.4 Å². The van der Waals surface area contributed by atoms with Crippen LogP contribution in [0.1, 0.15) is 115 Å². The van der Waals surface area contributed by atoms with Crippen molar-refractivity contribution in [3.05, 3.63) is 107 Å². The average Bonchev–Trinajstić information content (AvgIpc) is 3.89. The van der Waals surface area contributed by atoms with E-state index in [9.17, 15) is 28.8 Å². The van der Waals surface area contributed by atoms with Crippen LogP contribution in [0.5, 0.6) is 0 Å². The lowest BCUT2D eigenvalue weighted by molar-refractivity contribution is -0.139. The van der Waals surface area contributed by atoms with Crippen LogP contribution < -0.4 is 21.3 Å². The third kappa shape index (κ3) is 11.5. The summed E-state index contributed by atoms with van der Waals surface area (Å²) in [7, 11) is 1.27. The van der Waals surface area contributed by atoms with Gasteiger partial charge in [-0.15, -0.1) is 0 Å². The third-order valence-corrected chi connectivity index (χ3v) is 16.5. The summed E-state index contributed by atoms with van der Waals surface area (Å²) >= 11 is 0. The van der Waals surface area contributed by atoms with Gasteiger partial charge in [-0.25, -0.2) is 9.59 Å². The molecule has 14 heteroatoms. The standard InChI is InChI=1S/C60H74N6O8/c1-7-74-58(72)64-52(38(4)5)56(70)65-35-59(25-9-8-10-26-59)33-49(65)53(67)61-45-15-11-13-43(31-45)47-29-39-17-21-41(47)22-18-40-20-24-42(23-19-39)48(30-40)44-14-12-16-46(32-44)62-54(68)50-34-60(27-28-60)36-66(50)55(69)51(37(2)3)63-57(71)73-6/h11-17,20-21,24,29-32,37-38,49-52H,7-10,18-19,22-23,25-28,33-36H2,1-6H3,(H,61,67)(H,62,68)(H,63,71)(H,64,72)/t49-,50?,51-,52-/m0/s1. The van der Waals surface area contributed by atoms with Crippen molar-refractivity contribution in [2.45, 2.75) is 142 Å². The molecule has 2 saturated carbocycles. The van der Waals surface area contributed by atoms with Gasteiger partial charge in [-0.05, 0) is 163 Å². The Kier molecular flexibility index (Phi) is 15.5. The normalized spacial score (nSPS) is 20.2. The van der Waals surface area contributed by atoms with E-state index < -0.39 is 36.4 Å². The predicted molar refractivity (Wildman–Crippen MR) is 286 cm³/mol. The van der Waals surface area contributed by atoms with Crippen LogP contribution in [0.4, 0.5) is 21.0 Å². The lowest BCUT2D eigenvalue weighted by atomic mass is 9.72. The summed E-state index contributed by atoms with van der Waals surface area (Å²) in [6.07, 6.45) is 10.2. The van der Waals surface area contributed by atoms with Gasteiger partial charge in [-0.1, -0.05) is 108 Å². The second kappa shape index (κ2) is 22.0. The molecule has 4 N–H and O–H groups in total. The van der Waals surface area contributed by atoms with Gasteiger partial charge < -0.3 is 40.5 Å². The molecule has 4 atom stereocenters. The first-order valence-electron chi connectivity index (χ1n) is 27.0. The van der Waals surface area contributed by atoms with E-state index in [2.05, 4.69) is 69.8 Å². The second-order valence-electron chi connectivity index (χ2n) is 22.5. The molecular weight excluding hydrogens is 933 g/mol. The van der Waals surface area contributed by atoms with E-state index >= 15 is 0 Å². The molecule has 1 unspecified atom stereocenters. The van der Waals surface area contributed by atoms with Crippen LogP contribution in [0.15, 0.2) is 84.9 Å². The molecule has 4 fully saturated rings. The Balaban J connectivity index is 0.906. The Labute approximate surface area is 436 Å². The Morgan fingerprint density at radius 3 is 1.47 bits per heavy atom. The highest BCUT2D eigenvalue weighted by atomic mass is 16.5. The maximum absolute atomic E-state index is 14.5. The molecule has 2 aliphatic heterocycles. The van der Waals surface area contributed by atoms with Gasteiger partial charge in [0, 0.05) is 24.5 Å². The molecule has 6 amide bonds. The summed E-state index contributed by atoms with van der Waals surface area (Å²) in [5.41, 5.74) is 10.1. The van der Waals surface area contributed by atoms with Crippen molar-refractivity contribution < 1.29 is 38.2 Å². The molecular formula is C60H74N6O8. The fourth-order valence-corrected chi connectivity index (χ4v) is 12.2. The predicted octanol–water partition coefficient (Wildman–Crippen LogP) is 9.87. The molecule has 74 heavy (non-hydrogen) atoms. The van der Waals surface area contributed by atoms with Crippen molar-refractivity contribution in [2.75, 3.05) is 37.4 Å². The van der Waals surface area contributed by atoms with E-state index in [-0.39, 0.29) is 52.9 Å². The van der Waals surface area contributed by atoms with Crippen molar-refractivity contribution in [3.8, 4) is 22.3 Å². The van der Waals surface area contributed by atoms with Crippen molar-refractivity contribution in [1.29, 1.82) is 0 Å². The molecule has 6 aliphatic carbocycles. The molecule has 8 aliphatic rings. The highest BCUT2D eigenvalue weighted by Gasteiger charge is 2.56. The number of anilines is 2. The highest BCUT2D eigenvalue weighted by molar-refractivity contribution is 6.00. The zero-order valence-corrected chi connectivity index (χ0v) is 44.0. The monoisotopic (exact) mass is 1010 g/mol. The number of amides is 6. The first-order valence-corrected chi connectivity index (χ1v) is 27.0. The van der Waals surface area contributed by atoms with Crippen LogP contribution in [-0.2, 0) is 54.3 Å². The summed E-state index contributed by atoms with van der Waals surface area (Å²) in [6.45, 7) is 10.4. The summed E-state index contributed by atoms with van der Waals surface area (Å²) < 4.78 is 9.98. The summed E-state index contributed by atoms with van der Waals surface area (Å²) in [5, 5.41) is 11.9. The largest absolute Gasteiger partial charge is 0.453 e. The minimum Gasteiger partial charge on any atom is -0.453 e. The van der Waals surface area contributed by atoms with Crippen molar-refractivity contribution in [3.63, 3.8) is 0 Å². The Hall–Kier alpha value is -6.70. The van der Waals surface area contributed by atoms with Gasteiger partial charge >= 0.3 is 12.2 Å². The smallest absolute Gasteiger partial charge is 0.407 e. The number of hydrogen-bond donors (Lipinski definition) is 4. The Morgan fingerprint density at radius 1 is 0.581 bits per heavy atom. The summed E-state index contributed by atoms with van der Waals surface area (Å²) in [6, 6.07) is 26.5. The Bertz CT molecular complexity index is 2780. The zero-order chi connectivity index (χ0) is 52.3. The minimum absolute atomic E-state index is 0.0571. The van der Waals surface area contributed by atoms with Crippen LogP contribution in [0.2, 0.25) is 0 Å². The number of carbonyl (C=O) groups is 6. The summed E-state index contributed by atoms with van der Waals surface area (Å²) in [4.78, 5) is 85.2. The van der Waals surface area contributed by atoms with Crippen molar-refractivity contribution >= 4 is 47.2 Å². The quantitative estimate of drug-likeness (QED) is 0.102. The number of nitrogens with one attached hydrogen (secondary N) is 4. The van der Waals surface area contributed by atoms with Crippen molar-refractivity contribution in [2.24, 2.45) is 22.7 Å². The molecule has 4 aromatic rings. The second-order valence-corrected chi connectivity index (χ2v) is 22.5. The SMILES string of the molecule is CCOC(=O)N[C@H](C(=O)N1CC2(CCCCC2)C[C@H]1C(=O)Nc1cccc(-c2cc3ccc2CCc2ccc(c(-c4cccc(NC(=O)C5CC6(CC6)CN5C(=O)[C@@H](NC(=O)OC)C(C)C)c4)c2)CC3)c1)C(C)C. The van der Waals surface area contributed by atoms with Crippen LogP contribution in [0.3, 0.4) is 0 Å². The number of carbonyl (C=O) groups excluding carboxylic acids is 6. The lowest BCUT2D eigenvalue weighted by Crippen LogP contribution is -2.54. The summed E-state index contributed by atoms with van der Waals surface area (Å²) in [5.74, 6) is -1.37. The van der Waals surface area contributed by atoms with Gasteiger partial charge in [0.05, 0.1) is 13.7 Å². The van der Waals surface area contributed by atoms with Gasteiger partial charge in [0.15, 0.2) is 0 Å². The third-order valence-electron chi connectivity index (χ3n) is 16.5. The number of likely N-dealkylation sites (tertiary alicyclic amines) is 2. The van der Waals surface area contributed by atoms with Gasteiger partial charge in [0.1, 0.15) is 24.2 Å². The maximum Gasteiger partial charge on any atom is 0.407 e. The molecule has 4 bridgehead atoms. The number of rotatable bonds is 13.